The Balaban J connectivity index is 1.50. The number of anilines is 2. The standard InChI is InChI=1S/C26H41N7O/c1-4-5-19(2)29-26-28-17-23(25(31-26)30-21-7-9-22(34)10-8-21)24-11-6-20(16-27-24)18-33-14-12-32(3)13-15-33/h6,11,16-17,19,21-22,34H,4-5,7-10,12-15,18H2,1-3H3,(H2,28,29,30,31)/t19-,21-,22-/m0/s1. The molecule has 0 radical (unpaired) electrons. The summed E-state index contributed by atoms with van der Waals surface area (Å²) in [6.45, 7) is 9.72. The second-order valence-corrected chi connectivity index (χ2v) is 10.1. The molecule has 8 nitrogen and oxygen atoms in total. The summed E-state index contributed by atoms with van der Waals surface area (Å²) in [6.07, 6.45) is 9.43. The van der Waals surface area contributed by atoms with Gasteiger partial charge in [-0.3, -0.25) is 9.88 Å². The van der Waals surface area contributed by atoms with Crippen LogP contribution in [-0.2, 0) is 6.54 Å². The Kier molecular flexibility index (Phi) is 8.69. The summed E-state index contributed by atoms with van der Waals surface area (Å²) in [5.74, 6) is 1.47. The normalized spacial score (nSPS) is 22.9. The summed E-state index contributed by atoms with van der Waals surface area (Å²) in [6, 6.07) is 4.89. The number of hydrogen-bond donors (Lipinski definition) is 3. The molecule has 1 aliphatic heterocycles. The Morgan fingerprint density at radius 1 is 1.06 bits per heavy atom. The van der Waals surface area contributed by atoms with E-state index in [2.05, 4.69) is 58.4 Å². The Morgan fingerprint density at radius 3 is 2.50 bits per heavy atom. The molecular weight excluding hydrogens is 426 g/mol. The number of aliphatic hydroxyl groups is 1. The average molecular weight is 468 g/mol. The minimum atomic E-state index is -0.176. The van der Waals surface area contributed by atoms with Crippen molar-refractivity contribution in [3.05, 3.63) is 30.1 Å². The summed E-state index contributed by atoms with van der Waals surface area (Å²) in [4.78, 5) is 19.1. The van der Waals surface area contributed by atoms with E-state index in [9.17, 15) is 5.11 Å². The molecule has 2 aromatic rings. The maximum Gasteiger partial charge on any atom is 0.224 e. The monoisotopic (exact) mass is 467 g/mol. The molecule has 1 saturated carbocycles. The molecule has 2 aromatic heterocycles. The summed E-state index contributed by atoms with van der Waals surface area (Å²) in [7, 11) is 2.18. The van der Waals surface area contributed by atoms with Crippen molar-refractivity contribution < 1.29 is 5.11 Å². The van der Waals surface area contributed by atoms with Gasteiger partial charge in [0.1, 0.15) is 5.82 Å². The van der Waals surface area contributed by atoms with Gasteiger partial charge >= 0.3 is 0 Å². The van der Waals surface area contributed by atoms with Crippen molar-refractivity contribution in [2.45, 2.75) is 77.1 Å². The zero-order valence-corrected chi connectivity index (χ0v) is 21.0. The van der Waals surface area contributed by atoms with E-state index in [0.717, 1.165) is 88.3 Å². The molecule has 1 saturated heterocycles. The summed E-state index contributed by atoms with van der Waals surface area (Å²) < 4.78 is 0. The minimum absolute atomic E-state index is 0.176. The first-order valence-corrected chi connectivity index (χ1v) is 12.9. The molecular formula is C26H41N7O. The number of aromatic nitrogens is 3. The molecule has 2 aliphatic rings. The highest BCUT2D eigenvalue weighted by Gasteiger charge is 2.22. The second-order valence-electron chi connectivity index (χ2n) is 10.1. The number of nitrogens with one attached hydrogen (secondary N) is 2. The van der Waals surface area contributed by atoms with Gasteiger partial charge in [0.05, 0.1) is 17.4 Å². The largest absolute Gasteiger partial charge is 0.393 e. The molecule has 0 bridgehead atoms. The predicted molar refractivity (Wildman–Crippen MR) is 138 cm³/mol. The first-order chi connectivity index (χ1) is 16.5. The predicted octanol–water partition coefficient (Wildman–Crippen LogP) is 3.60. The van der Waals surface area contributed by atoms with Crippen molar-refractivity contribution in [2.75, 3.05) is 43.9 Å². The van der Waals surface area contributed by atoms with E-state index in [1.165, 1.54) is 5.56 Å². The van der Waals surface area contributed by atoms with Crippen LogP contribution >= 0.6 is 0 Å². The van der Waals surface area contributed by atoms with Crippen molar-refractivity contribution >= 4 is 11.8 Å². The highest BCUT2D eigenvalue weighted by Crippen LogP contribution is 2.29. The van der Waals surface area contributed by atoms with Crippen molar-refractivity contribution in [1.82, 2.24) is 24.8 Å². The zero-order chi connectivity index (χ0) is 23.9. The third-order valence-electron chi connectivity index (χ3n) is 7.03. The third kappa shape index (κ3) is 6.87. The first kappa shape index (κ1) is 24.8. The Hall–Kier alpha value is -2.29. The molecule has 0 aromatic carbocycles. The van der Waals surface area contributed by atoms with Crippen molar-refractivity contribution in [1.29, 1.82) is 0 Å². The van der Waals surface area contributed by atoms with Crippen molar-refractivity contribution in [2.24, 2.45) is 0 Å². The molecule has 4 rings (SSSR count). The number of hydrogen-bond acceptors (Lipinski definition) is 8. The molecule has 1 aliphatic carbocycles. The molecule has 8 heteroatoms. The van der Waals surface area contributed by atoms with Gasteiger partial charge in [-0.2, -0.15) is 4.98 Å². The van der Waals surface area contributed by atoms with E-state index in [1.54, 1.807) is 0 Å². The van der Waals surface area contributed by atoms with Gasteiger partial charge in [-0.05, 0) is 57.7 Å². The van der Waals surface area contributed by atoms with Gasteiger partial charge < -0.3 is 20.6 Å². The zero-order valence-electron chi connectivity index (χ0n) is 21.0. The van der Waals surface area contributed by atoms with Gasteiger partial charge in [-0.25, -0.2) is 4.98 Å². The molecule has 1 atom stereocenters. The number of pyridine rings is 1. The van der Waals surface area contributed by atoms with Crippen LogP contribution in [0.3, 0.4) is 0 Å². The van der Waals surface area contributed by atoms with Crippen LogP contribution in [0.25, 0.3) is 11.3 Å². The molecule has 3 heterocycles. The van der Waals surface area contributed by atoms with Gasteiger partial charge in [0.2, 0.25) is 5.95 Å². The molecule has 0 spiro atoms. The van der Waals surface area contributed by atoms with E-state index in [-0.39, 0.29) is 6.10 Å². The van der Waals surface area contributed by atoms with E-state index in [1.807, 2.05) is 12.4 Å². The molecule has 0 unspecified atom stereocenters. The second kappa shape index (κ2) is 11.9. The summed E-state index contributed by atoms with van der Waals surface area (Å²) >= 11 is 0. The van der Waals surface area contributed by atoms with Crippen LogP contribution in [0.15, 0.2) is 24.5 Å². The number of aliphatic hydroxyl groups excluding tert-OH is 1. The van der Waals surface area contributed by atoms with Gasteiger partial charge in [-0.1, -0.05) is 19.4 Å². The lowest BCUT2D eigenvalue weighted by Gasteiger charge is -2.32. The highest BCUT2D eigenvalue weighted by molar-refractivity contribution is 5.73. The van der Waals surface area contributed by atoms with Gasteiger partial charge in [0, 0.05) is 57.2 Å². The summed E-state index contributed by atoms with van der Waals surface area (Å²) in [5.41, 5.74) is 3.04. The topological polar surface area (TPSA) is 89.4 Å². The highest BCUT2D eigenvalue weighted by atomic mass is 16.3. The van der Waals surface area contributed by atoms with Crippen LogP contribution in [-0.4, -0.2) is 81.3 Å². The van der Waals surface area contributed by atoms with Gasteiger partial charge in [0.15, 0.2) is 0 Å². The fraction of sp³-hybridized carbons (Fsp3) is 0.654. The molecule has 3 N–H and O–H groups in total. The lowest BCUT2D eigenvalue weighted by atomic mass is 9.93. The molecule has 34 heavy (non-hydrogen) atoms. The van der Waals surface area contributed by atoms with E-state index < -0.39 is 0 Å². The van der Waals surface area contributed by atoms with Crippen LogP contribution in [0.5, 0.6) is 0 Å². The maximum absolute atomic E-state index is 9.90. The molecule has 2 fully saturated rings. The lowest BCUT2D eigenvalue weighted by Crippen LogP contribution is -2.43. The Bertz CT molecular complexity index is 891. The Labute approximate surface area is 204 Å². The summed E-state index contributed by atoms with van der Waals surface area (Å²) in [5, 5.41) is 17.0. The number of rotatable bonds is 9. The molecule has 186 valence electrons. The van der Waals surface area contributed by atoms with Crippen LogP contribution in [0.4, 0.5) is 11.8 Å². The smallest absolute Gasteiger partial charge is 0.224 e. The van der Waals surface area contributed by atoms with Crippen LogP contribution < -0.4 is 10.6 Å². The van der Waals surface area contributed by atoms with Crippen LogP contribution in [0.1, 0.15) is 57.9 Å². The van der Waals surface area contributed by atoms with Crippen molar-refractivity contribution in [3.63, 3.8) is 0 Å². The van der Waals surface area contributed by atoms with E-state index in [4.69, 9.17) is 9.97 Å². The van der Waals surface area contributed by atoms with Gasteiger partial charge in [0.25, 0.3) is 0 Å². The fourth-order valence-electron chi connectivity index (χ4n) is 4.83. The van der Waals surface area contributed by atoms with Gasteiger partial charge in [-0.15, -0.1) is 0 Å². The maximum atomic E-state index is 9.90. The van der Waals surface area contributed by atoms with Crippen LogP contribution in [0, 0.1) is 0 Å². The molecule has 0 amide bonds. The Morgan fingerprint density at radius 2 is 1.82 bits per heavy atom. The quantitative estimate of drug-likeness (QED) is 0.515. The van der Waals surface area contributed by atoms with Crippen LogP contribution in [0.2, 0.25) is 0 Å². The van der Waals surface area contributed by atoms with E-state index >= 15 is 0 Å². The van der Waals surface area contributed by atoms with Crippen molar-refractivity contribution in [3.8, 4) is 11.3 Å². The average Bonchev–Trinajstić information content (AvgIpc) is 2.83. The number of piperazine rings is 1. The first-order valence-electron chi connectivity index (χ1n) is 12.9. The third-order valence-corrected chi connectivity index (χ3v) is 7.03. The number of nitrogens with zero attached hydrogens (tertiary/aromatic N) is 5. The number of likely N-dealkylation sites (N-methyl/N-ethyl adjacent to an activating group) is 1. The fourth-order valence-corrected chi connectivity index (χ4v) is 4.83. The van der Waals surface area contributed by atoms with E-state index in [0.29, 0.717) is 18.0 Å². The minimum Gasteiger partial charge on any atom is -0.393 e. The SMILES string of the molecule is CCC[C@H](C)Nc1ncc(-c2ccc(CN3CCN(C)CC3)cn2)c(N[C@H]2CC[C@H](O)CC2)n1. The lowest BCUT2D eigenvalue weighted by molar-refractivity contribution is 0.126.